The second-order valence-corrected chi connectivity index (χ2v) is 7.50. The number of hydrogen-bond donors (Lipinski definition) is 2. The molecule has 0 unspecified atom stereocenters. The standard InChI is InChI=1S/C21H24FN7O2/c1-13(2)31-17-11-14(22)3-4-15(17)26-20-19-16(24-12-25-20)5-6-18(27-19)28-7-9-29(10-8-28)21(23)30/h3-6,11-13H,7-10H2,1-2H3,(H2,23,30)(H,24,25,26). The average Bonchev–Trinajstić information content (AvgIpc) is 2.75. The molecule has 3 heterocycles. The second-order valence-electron chi connectivity index (χ2n) is 7.50. The van der Waals surface area contributed by atoms with Gasteiger partial charge in [0, 0.05) is 32.2 Å². The minimum absolute atomic E-state index is 0.117. The van der Waals surface area contributed by atoms with E-state index in [0.29, 0.717) is 54.5 Å². The Labute approximate surface area is 179 Å². The van der Waals surface area contributed by atoms with Gasteiger partial charge in [-0.15, -0.1) is 0 Å². The number of amides is 2. The number of benzene rings is 1. The van der Waals surface area contributed by atoms with Gasteiger partial charge < -0.3 is 25.6 Å². The predicted octanol–water partition coefficient (Wildman–Crippen LogP) is 2.90. The maximum atomic E-state index is 13.7. The highest BCUT2D eigenvalue weighted by Gasteiger charge is 2.21. The smallest absolute Gasteiger partial charge is 0.314 e. The molecule has 0 saturated carbocycles. The van der Waals surface area contributed by atoms with Gasteiger partial charge in [0.1, 0.15) is 29.2 Å². The number of urea groups is 1. The van der Waals surface area contributed by atoms with Crippen molar-refractivity contribution in [2.45, 2.75) is 20.0 Å². The van der Waals surface area contributed by atoms with E-state index in [9.17, 15) is 9.18 Å². The molecule has 1 aliphatic heterocycles. The van der Waals surface area contributed by atoms with E-state index in [0.717, 1.165) is 5.82 Å². The van der Waals surface area contributed by atoms with E-state index in [-0.39, 0.29) is 11.9 Å². The Morgan fingerprint density at radius 1 is 1.16 bits per heavy atom. The largest absolute Gasteiger partial charge is 0.489 e. The van der Waals surface area contributed by atoms with Crippen LogP contribution < -0.4 is 20.7 Å². The van der Waals surface area contributed by atoms with Crippen LogP contribution in [0.15, 0.2) is 36.7 Å². The molecule has 10 heteroatoms. The normalized spacial score (nSPS) is 14.2. The first kappa shape index (κ1) is 20.6. The summed E-state index contributed by atoms with van der Waals surface area (Å²) in [5.74, 6) is 1.25. The molecule has 2 amide bonds. The zero-order chi connectivity index (χ0) is 22.0. The van der Waals surface area contributed by atoms with Crippen LogP contribution in [0, 0.1) is 5.82 Å². The maximum absolute atomic E-state index is 13.7. The summed E-state index contributed by atoms with van der Waals surface area (Å²) < 4.78 is 19.5. The van der Waals surface area contributed by atoms with E-state index >= 15 is 0 Å². The van der Waals surface area contributed by atoms with Gasteiger partial charge >= 0.3 is 6.03 Å². The molecule has 3 N–H and O–H groups in total. The number of nitrogens with one attached hydrogen (secondary N) is 1. The maximum Gasteiger partial charge on any atom is 0.314 e. The molecule has 1 aliphatic rings. The number of carbonyl (C=O) groups excluding carboxylic acids is 1. The van der Waals surface area contributed by atoms with Crippen molar-refractivity contribution in [1.82, 2.24) is 19.9 Å². The van der Waals surface area contributed by atoms with Gasteiger partial charge in [-0.2, -0.15) is 0 Å². The number of primary amides is 1. The number of anilines is 3. The minimum atomic E-state index is -0.412. The fraction of sp³-hybridized carbons (Fsp3) is 0.333. The zero-order valence-corrected chi connectivity index (χ0v) is 17.4. The van der Waals surface area contributed by atoms with Crippen LogP contribution in [-0.4, -0.2) is 58.2 Å². The number of halogens is 1. The number of nitrogens with two attached hydrogens (primary N) is 1. The van der Waals surface area contributed by atoms with E-state index < -0.39 is 6.03 Å². The molecule has 3 aromatic rings. The lowest BCUT2D eigenvalue weighted by Crippen LogP contribution is -2.50. The second kappa shape index (κ2) is 8.58. The summed E-state index contributed by atoms with van der Waals surface area (Å²) in [7, 11) is 0. The van der Waals surface area contributed by atoms with Crippen molar-refractivity contribution in [3.8, 4) is 5.75 Å². The SMILES string of the molecule is CC(C)Oc1cc(F)ccc1Nc1ncnc2ccc(N3CCN(C(N)=O)CC3)nc12. The lowest BCUT2D eigenvalue weighted by molar-refractivity contribution is 0.204. The molecule has 2 aromatic heterocycles. The molecule has 1 aromatic carbocycles. The summed E-state index contributed by atoms with van der Waals surface area (Å²) in [6.45, 7) is 6.08. The molecule has 0 atom stereocenters. The molecule has 0 aliphatic carbocycles. The quantitative estimate of drug-likeness (QED) is 0.647. The van der Waals surface area contributed by atoms with Gasteiger partial charge in [0.05, 0.1) is 17.3 Å². The number of rotatable bonds is 5. The Bertz CT molecular complexity index is 1100. The minimum Gasteiger partial charge on any atom is -0.489 e. The van der Waals surface area contributed by atoms with Gasteiger partial charge in [-0.1, -0.05) is 0 Å². The molecule has 0 bridgehead atoms. The third-order valence-corrected chi connectivity index (χ3v) is 4.94. The zero-order valence-electron chi connectivity index (χ0n) is 17.4. The molecule has 1 saturated heterocycles. The first-order valence-corrected chi connectivity index (χ1v) is 10.0. The molecular formula is C21H24FN7O2. The summed E-state index contributed by atoms with van der Waals surface area (Å²) in [5.41, 5.74) is 7.20. The fourth-order valence-corrected chi connectivity index (χ4v) is 3.43. The highest BCUT2D eigenvalue weighted by Crippen LogP contribution is 2.31. The fourth-order valence-electron chi connectivity index (χ4n) is 3.43. The highest BCUT2D eigenvalue weighted by molar-refractivity contribution is 5.88. The van der Waals surface area contributed by atoms with Crippen LogP contribution in [0.3, 0.4) is 0 Å². The molecule has 0 spiro atoms. The third-order valence-electron chi connectivity index (χ3n) is 4.94. The van der Waals surface area contributed by atoms with E-state index in [1.54, 1.807) is 11.0 Å². The molecule has 1 fully saturated rings. The first-order chi connectivity index (χ1) is 14.9. The topological polar surface area (TPSA) is 110 Å². The summed E-state index contributed by atoms with van der Waals surface area (Å²) in [6, 6.07) is 7.66. The van der Waals surface area contributed by atoms with Gasteiger partial charge in [-0.05, 0) is 38.1 Å². The monoisotopic (exact) mass is 425 g/mol. The number of piperazine rings is 1. The Balaban J connectivity index is 1.64. The van der Waals surface area contributed by atoms with Crippen LogP contribution >= 0.6 is 0 Å². The van der Waals surface area contributed by atoms with Crippen molar-refractivity contribution >= 4 is 34.4 Å². The van der Waals surface area contributed by atoms with E-state index in [1.165, 1.54) is 18.5 Å². The summed E-state index contributed by atoms with van der Waals surface area (Å²) in [4.78, 5) is 28.5. The van der Waals surface area contributed by atoms with Gasteiger partial charge in [0.2, 0.25) is 0 Å². The summed E-state index contributed by atoms with van der Waals surface area (Å²) in [5, 5.41) is 3.21. The number of pyridine rings is 1. The summed E-state index contributed by atoms with van der Waals surface area (Å²) >= 11 is 0. The van der Waals surface area contributed by atoms with Gasteiger partial charge in [0.25, 0.3) is 0 Å². The summed E-state index contributed by atoms with van der Waals surface area (Å²) in [6.07, 6.45) is 1.33. The number of nitrogens with zero attached hydrogens (tertiary/aromatic N) is 5. The third kappa shape index (κ3) is 4.57. The Hall–Kier alpha value is -3.69. The number of carbonyl (C=O) groups is 1. The van der Waals surface area contributed by atoms with Crippen molar-refractivity contribution in [3.63, 3.8) is 0 Å². The molecule has 9 nitrogen and oxygen atoms in total. The molecule has 0 radical (unpaired) electrons. The van der Waals surface area contributed by atoms with Crippen molar-refractivity contribution in [1.29, 1.82) is 0 Å². The number of aromatic nitrogens is 3. The molecule has 31 heavy (non-hydrogen) atoms. The van der Waals surface area contributed by atoms with Gasteiger partial charge in [0.15, 0.2) is 5.82 Å². The van der Waals surface area contributed by atoms with Crippen molar-refractivity contribution in [2.24, 2.45) is 5.73 Å². The Morgan fingerprint density at radius 2 is 1.94 bits per heavy atom. The number of hydrogen-bond acceptors (Lipinski definition) is 7. The average molecular weight is 425 g/mol. The van der Waals surface area contributed by atoms with Crippen LogP contribution in [0.2, 0.25) is 0 Å². The Morgan fingerprint density at radius 3 is 2.65 bits per heavy atom. The Kier molecular flexibility index (Phi) is 5.70. The van der Waals surface area contributed by atoms with E-state index in [2.05, 4.69) is 20.2 Å². The van der Waals surface area contributed by atoms with Crippen LogP contribution in [0.25, 0.3) is 11.0 Å². The number of ether oxygens (including phenoxy) is 1. The lowest BCUT2D eigenvalue weighted by atomic mass is 10.2. The predicted molar refractivity (Wildman–Crippen MR) is 116 cm³/mol. The van der Waals surface area contributed by atoms with Crippen LogP contribution in [-0.2, 0) is 0 Å². The molecule has 162 valence electrons. The van der Waals surface area contributed by atoms with Crippen molar-refractivity contribution in [2.75, 3.05) is 36.4 Å². The molecular weight excluding hydrogens is 401 g/mol. The number of fused-ring (bicyclic) bond motifs is 1. The molecule has 4 rings (SSSR count). The van der Waals surface area contributed by atoms with Crippen LogP contribution in [0.1, 0.15) is 13.8 Å². The van der Waals surface area contributed by atoms with Gasteiger partial charge in [-0.3, -0.25) is 0 Å². The van der Waals surface area contributed by atoms with Crippen LogP contribution in [0.4, 0.5) is 26.5 Å². The lowest BCUT2D eigenvalue weighted by Gasteiger charge is -2.34. The van der Waals surface area contributed by atoms with Crippen LogP contribution in [0.5, 0.6) is 5.75 Å². The van der Waals surface area contributed by atoms with E-state index in [4.69, 9.17) is 15.5 Å². The van der Waals surface area contributed by atoms with E-state index in [1.807, 2.05) is 26.0 Å². The highest BCUT2D eigenvalue weighted by atomic mass is 19.1. The van der Waals surface area contributed by atoms with Gasteiger partial charge in [-0.25, -0.2) is 24.1 Å². The van der Waals surface area contributed by atoms with Crippen molar-refractivity contribution in [3.05, 3.63) is 42.5 Å². The first-order valence-electron chi connectivity index (χ1n) is 10.0. The van der Waals surface area contributed by atoms with Crippen molar-refractivity contribution < 1.29 is 13.9 Å².